The maximum Gasteiger partial charge on any atom is 0.182 e. The van der Waals surface area contributed by atoms with Crippen LogP contribution >= 0.6 is 0 Å². The molecule has 0 unspecified atom stereocenters. The van der Waals surface area contributed by atoms with Crippen LogP contribution in [0, 0.1) is 0 Å². The number of hydrogen-bond donors (Lipinski definition) is 0. The maximum absolute atomic E-state index is 2.25. The standard InChI is InChI=1S/C25H20N/c1-4-10-21(11-5-1)16-17-26-19-24(22-12-6-2-7-13-22)18-25(20-26)23-14-8-3-9-15-23/h1-20H/q+1/b17-16+. The van der Waals surface area contributed by atoms with Crippen LogP contribution in [-0.2, 0) is 0 Å². The van der Waals surface area contributed by atoms with Crippen LogP contribution in [0.4, 0.5) is 0 Å². The molecule has 0 N–H and O–H groups in total. The Bertz CT molecular complexity index is 946. The molecule has 4 aromatic rings. The molecule has 26 heavy (non-hydrogen) atoms. The molecule has 3 aromatic carbocycles. The molecule has 4 rings (SSSR count). The topological polar surface area (TPSA) is 3.88 Å². The molecular formula is C25H20N+. The molecule has 1 heteroatoms. The Morgan fingerprint density at radius 1 is 0.500 bits per heavy atom. The predicted molar refractivity (Wildman–Crippen MR) is 109 cm³/mol. The Kier molecular flexibility index (Phi) is 4.70. The number of hydrogen-bond acceptors (Lipinski definition) is 0. The molecule has 124 valence electrons. The van der Waals surface area contributed by atoms with Gasteiger partial charge in [-0.1, -0.05) is 91.0 Å². The van der Waals surface area contributed by atoms with E-state index >= 15 is 0 Å². The van der Waals surface area contributed by atoms with E-state index in [4.69, 9.17) is 0 Å². The first-order valence-corrected chi connectivity index (χ1v) is 8.78. The van der Waals surface area contributed by atoms with Gasteiger partial charge < -0.3 is 0 Å². The Morgan fingerprint density at radius 2 is 0.962 bits per heavy atom. The van der Waals surface area contributed by atoms with Gasteiger partial charge in [0.05, 0.1) is 0 Å². The van der Waals surface area contributed by atoms with Crippen molar-refractivity contribution in [2.24, 2.45) is 0 Å². The Labute approximate surface area is 154 Å². The summed E-state index contributed by atoms with van der Waals surface area (Å²) in [5.41, 5.74) is 6.01. The van der Waals surface area contributed by atoms with Gasteiger partial charge in [0.1, 0.15) is 0 Å². The molecule has 0 aliphatic rings. The monoisotopic (exact) mass is 334 g/mol. The largest absolute Gasteiger partial charge is 0.182 e. The summed E-state index contributed by atoms with van der Waals surface area (Å²) in [7, 11) is 0. The second-order valence-corrected chi connectivity index (χ2v) is 6.22. The van der Waals surface area contributed by atoms with Crippen molar-refractivity contribution in [3.63, 3.8) is 0 Å². The van der Waals surface area contributed by atoms with E-state index in [0.29, 0.717) is 0 Å². The highest BCUT2D eigenvalue weighted by Gasteiger charge is 2.09. The third-order valence-corrected chi connectivity index (χ3v) is 4.34. The first-order valence-electron chi connectivity index (χ1n) is 8.78. The van der Waals surface area contributed by atoms with Crippen molar-refractivity contribution in [3.05, 3.63) is 115 Å². The van der Waals surface area contributed by atoms with Gasteiger partial charge in [0.15, 0.2) is 18.6 Å². The summed E-state index contributed by atoms with van der Waals surface area (Å²) in [5, 5.41) is 0. The van der Waals surface area contributed by atoms with Crippen molar-refractivity contribution < 1.29 is 4.57 Å². The van der Waals surface area contributed by atoms with Crippen molar-refractivity contribution in [2.45, 2.75) is 0 Å². The quantitative estimate of drug-likeness (QED) is 0.407. The average Bonchev–Trinajstić information content (AvgIpc) is 2.74. The van der Waals surface area contributed by atoms with Crippen molar-refractivity contribution in [3.8, 4) is 22.3 Å². The van der Waals surface area contributed by atoms with Crippen molar-refractivity contribution in [2.75, 3.05) is 0 Å². The molecule has 0 spiro atoms. The molecule has 1 nitrogen and oxygen atoms in total. The number of pyridine rings is 1. The lowest BCUT2D eigenvalue weighted by molar-refractivity contribution is -0.566. The van der Waals surface area contributed by atoms with Gasteiger partial charge in [0, 0.05) is 17.2 Å². The van der Waals surface area contributed by atoms with Gasteiger partial charge in [-0.3, -0.25) is 0 Å². The van der Waals surface area contributed by atoms with Crippen LogP contribution in [0.15, 0.2) is 109 Å². The number of nitrogens with zero attached hydrogens (tertiary/aromatic N) is 1. The van der Waals surface area contributed by atoms with Crippen LogP contribution in [-0.4, -0.2) is 0 Å². The van der Waals surface area contributed by atoms with Gasteiger partial charge in [-0.05, 0) is 22.8 Å². The van der Waals surface area contributed by atoms with Crippen molar-refractivity contribution >= 4 is 12.3 Å². The van der Waals surface area contributed by atoms with E-state index in [-0.39, 0.29) is 0 Å². The molecule has 1 aromatic heterocycles. The first kappa shape index (κ1) is 16.0. The molecule has 0 amide bonds. The molecule has 0 radical (unpaired) electrons. The second-order valence-electron chi connectivity index (χ2n) is 6.22. The highest BCUT2D eigenvalue weighted by molar-refractivity contribution is 5.71. The molecule has 0 saturated heterocycles. The number of aromatic nitrogens is 1. The highest BCUT2D eigenvalue weighted by atomic mass is 14.9. The zero-order valence-corrected chi connectivity index (χ0v) is 14.5. The van der Waals surface area contributed by atoms with Crippen molar-refractivity contribution in [1.29, 1.82) is 0 Å². The highest BCUT2D eigenvalue weighted by Crippen LogP contribution is 2.24. The van der Waals surface area contributed by atoms with Gasteiger partial charge in [-0.2, -0.15) is 4.57 Å². The minimum absolute atomic E-state index is 1.19. The van der Waals surface area contributed by atoms with Crippen LogP contribution in [0.3, 0.4) is 0 Å². The fourth-order valence-corrected chi connectivity index (χ4v) is 3.00. The summed E-state index contributed by atoms with van der Waals surface area (Å²) in [6.45, 7) is 0. The molecule has 0 aliphatic heterocycles. The summed E-state index contributed by atoms with van der Waals surface area (Å²) >= 11 is 0. The van der Waals surface area contributed by atoms with Gasteiger partial charge in [0.25, 0.3) is 0 Å². The van der Waals surface area contributed by atoms with E-state index < -0.39 is 0 Å². The van der Waals surface area contributed by atoms with E-state index in [9.17, 15) is 0 Å². The summed E-state index contributed by atoms with van der Waals surface area (Å²) in [6, 6.07) is 33.6. The molecule has 0 fully saturated rings. The van der Waals surface area contributed by atoms with E-state index in [0.717, 1.165) is 0 Å². The zero-order chi connectivity index (χ0) is 17.6. The van der Waals surface area contributed by atoms with Gasteiger partial charge >= 0.3 is 0 Å². The lowest BCUT2D eigenvalue weighted by Crippen LogP contribution is -2.25. The van der Waals surface area contributed by atoms with E-state index in [1.54, 1.807) is 0 Å². The first-order chi connectivity index (χ1) is 12.9. The Hall–Kier alpha value is -3.45. The van der Waals surface area contributed by atoms with E-state index in [1.165, 1.54) is 27.8 Å². The number of benzene rings is 3. The van der Waals surface area contributed by atoms with E-state index in [1.807, 2.05) is 18.2 Å². The Balaban J connectivity index is 1.79. The normalized spacial score (nSPS) is 10.9. The Morgan fingerprint density at radius 3 is 1.46 bits per heavy atom. The molecule has 1 heterocycles. The third-order valence-electron chi connectivity index (χ3n) is 4.34. The lowest BCUT2D eigenvalue weighted by Gasteiger charge is -2.04. The summed E-state index contributed by atoms with van der Waals surface area (Å²) in [4.78, 5) is 0. The molecule has 0 atom stereocenters. The van der Waals surface area contributed by atoms with Crippen LogP contribution < -0.4 is 4.57 Å². The second kappa shape index (κ2) is 7.62. The van der Waals surface area contributed by atoms with Crippen molar-refractivity contribution in [1.82, 2.24) is 0 Å². The van der Waals surface area contributed by atoms with Crippen LogP contribution in [0.2, 0.25) is 0 Å². The third kappa shape index (κ3) is 3.79. The minimum Gasteiger partial charge on any atom is -0.173 e. The maximum atomic E-state index is 2.25. The van der Waals surface area contributed by atoms with Crippen LogP contribution in [0.25, 0.3) is 34.5 Å². The fraction of sp³-hybridized carbons (Fsp3) is 0. The van der Waals surface area contributed by atoms with Crippen LogP contribution in [0.1, 0.15) is 5.56 Å². The fourth-order valence-electron chi connectivity index (χ4n) is 3.00. The lowest BCUT2D eigenvalue weighted by atomic mass is 10.0. The molecule has 0 aliphatic carbocycles. The van der Waals surface area contributed by atoms with Gasteiger partial charge in [-0.15, -0.1) is 0 Å². The smallest absolute Gasteiger partial charge is 0.173 e. The molecule has 0 saturated carbocycles. The SMILES string of the molecule is C(=C\[n+]1cc(-c2ccccc2)cc(-c2ccccc2)c1)/c1ccccc1. The zero-order valence-electron chi connectivity index (χ0n) is 14.5. The van der Waals surface area contributed by atoms with Crippen LogP contribution in [0.5, 0.6) is 0 Å². The summed E-state index contributed by atoms with van der Waals surface area (Å²) < 4.78 is 2.14. The predicted octanol–water partition coefficient (Wildman–Crippen LogP) is 5.94. The van der Waals surface area contributed by atoms with E-state index in [2.05, 4.69) is 108 Å². The van der Waals surface area contributed by atoms with Gasteiger partial charge in [-0.25, -0.2) is 0 Å². The average molecular weight is 334 g/mol. The minimum atomic E-state index is 1.19. The molecule has 0 bridgehead atoms. The van der Waals surface area contributed by atoms with Gasteiger partial charge in [0.2, 0.25) is 0 Å². The summed E-state index contributed by atoms with van der Waals surface area (Å²) in [6.07, 6.45) is 8.57. The summed E-state index contributed by atoms with van der Waals surface area (Å²) in [5.74, 6) is 0. The molecular weight excluding hydrogens is 314 g/mol. The number of rotatable bonds is 4.